The van der Waals surface area contributed by atoms with Crippen LogP contribution in [0.1, 0.15) is 34.1 Å². The highest BCUT2D eigenvalue weighted by Gasteiger charge is 2.22. The standard InChI is InChI=1S/C23H28N4O3S/c1-6-27-16(3)18(11-24-27)12-26(4)13-20(28)25-22-21(23(29)30-5)19(14-31-22)17-9-7-15(2)8-10-17/h7-11,14H,6,12-13H2,1-5H3,(H,25,28). The first-order valence-corrected chi connectivity index (χ1v) is 11.0. The van der Waals surface area contributed by atoms with E-state index in [2.05, 4.69) is 10.4 Å². The Kier molecular flexibility index (Phi) is 7.25. The molecule has 1 N–H and O–H groups in total. The molecule has 2 aromatic heterocycles. The van der Waals surface area contributed by atoms with Crippen molar-refractivity contribution in [3.8, 4) is 11.1 Å². The van der Waals surface area contributed by atoms with Gasteiger partial charge in [0.1, 0.15) is 10.6 Å². The Morgan fingerprint density at radius 2 is 1.94 bits per heavy atom. The van der Waals surface area contributed by atoms with Gasteiger partial charge in [-0.2, -0.15) is 5.10 Å². The van der Waals surface area contributed by atoms with Gasteiger partial charge in [0.05, 0.1) is 19.9 Å². The molecule has 0 fully saturated rings. The Hall–Kier alpha value is -2.97. The van der Waals surface area contributed by atoms with Crippen molar-refractivity contribution in [2.24, 2.45) is 0 Å². The lowest BCUT2D eigenvalue weighted by Crippen LogP contribution is -2.30. The van der Waals surface area contributed by atoms with E-state index in [1.807, 2.05) is 73.2 Å². The van der Waals surface area contributed by atoms with Crippen molar-refractivity contribution in [1.29, 1.82) is 0 Å². The number of anilines is 1. The van der Waals surface area contributed by atoms with E-state index < -0.39 is 5.97 Å². The van der Waals surface area contributed by atoms with E-state index in [9.17, 15) is 9.59 Å². The minimum atomic E-state index is -0.469. The van der Waals surface area contributed by atoms with Crippen molar-refractivity contribution in [2.75, 3.05) is 26.0 Å². The van der Waals surface area contributed by atoms with Crippen molar-refractivity contribution < 1.29 is 14.3 Å². The lowest BCUT2D eigenvalue weighted by atomic mass is 10.0. The second-order valence-corrected chi connectivity index (χ2v) is 8.38. The molecule has 0 unspecified atom stereocenters. The van der Waals surface area contributed by atoms with Gasteiger partial charge in [-0.3, -0.25) is 14.4 Å². The summed E-state index contributed by atoms with van der Waals surface area (Å²) < 4.78 is 6.92. The molecule has 0 radical (unpaired) electrons. The van der Waals surface area contributed by atoms with Gasteiger partial charge in [0.25, 0.3) is 0 Å². The quantitative estimate of drug-likeness (QED) is 0.534. The van der Waals surface area contributed by atoms with E-state index in [-0.39, 0.29) is 12.5 Å². The Bertz CT molecular complexity index is 1070. The van der Waals surface area contributed by atoms with Crippen LogP contribution in [0.15, 0.2) is 35.8 Å². The smallest absolute Gasteiger partial charge is 0.341 e. The summed E-state index contributed by atoms with van der Waals surface area (Å²) >= 11 is 1.32. The first-order valence-electron chi connectivity index (χ1n) is 10.1. The van der Waals surface area contributed by atoms with Crippen molar-refractivity contribution in [3.05, 3.63) is 58.2 Å². The van der Waals surface area contributed by atoms with Crippen LogP contribution in [0.2, 0.25) is 0 Å². The number of amides is 1. The van der Waals surface area contributed by atoms with Gasteiger partial charge in [-0.1, -0.05) is 29.8 Å². The van der Waals surface area contributed by atoms with Gasteiger partial charge in [-0.15, -0.1) is 11.3 Å². The van der Waals surface area contributed by atoms with E-state index in [0.29, 0.717) is 17.1 Å². The van der Waals surface area contributed by atoms with Gasteiger partial charge < -0.3 is 10.1 Å². The van der Waals surface area contributed by atoms with Crippen LogP contribution in [0.3, 0.4) is 0 Å². The third-order valence-corrected chi connectivity index (χ3v) is 6.05. The number of thiophene rings is 1. The highest BCUT2D eigenvalue weighted by molar-refractivity contribution is 7.15. The second-order valence-electron chi connectivity index (χ2n) is 7.50. The number of rotatable bonds is 8. The summed E-state index contributed by atoms with van der Waals surface area (Å²) in [5, 5.41) is 9.61. The minimum absolute atomic E-state index is 0.189. The molecule has 7 nitrogen and oxygen atoms in total. The fourth-order valence-electron chi connectivity index (χ4n) is 3.42. The molecule has 0 bridgehead atoms. The van der Waals surface area contributed by atoms with E-state index >= 15 is 0 Å². The number of aromatic nitrogens is 2. The predicted molar refractivity (Wildman–Crippen MR) is 123 cm³/mol. The minimum Gasteiger partial charge on any atom is -0.465 e. The molecular formula is C23H28N4O3S. The van der Waals surface area contributed by atoms with Crippen LogP contribution >= 0.6 is 11.3 Å². The van der Waals surface area contributed by atoms with Crippen LogP contribution in [-0.2, 0) is 22.6 Å². The SMILES string of the molecule is CCn1ncc(CN(C)CC(=O)Nc2scc(-c3ccc(C)cc3)c2C(=O)OC)c1C. The van der Waals surface area contributed by atoms with E-state index in [0.717, 1.165) is 34.5 Å². The van der Waals surface area contributed by atoms with Crippen LogP contribution in [0, 0.1) is 13.8 Å². The zero-order valence-corrected chi connectivity index (χ0v) is 19.4. The summed E-state index contributed by atoms with van der Waals surface area (Å²) in [4.78, 5) is 27.1. The first kappa shape index (κ1) is 22.7. The molecule has 164 valence electrons. The molecule has 1 amide bonds. The van der Waals surface area contributed by atoms with E-state index in [1.165, 1.54) is 18.4 Å². The van der Waals surface area contributed by atoms with Crippen LogP contribution < -0.4 is 5.32 Å². The molecule has 0 saturated carbocycles. The number of aryl methyl sites for hydroxylation is 2. The van der Waals surface area contributed by atoms with Crippen molar-refractivity contribution in [2.45, 2.75) is 33.9 Å². The lowest BCUT2D eigenvalue weighted by molar-refractivity contribution is -0.117. The molecule has 8 heteroatoms. The number of nitrogens with zero attached hydrogens (tertiary/aromatic N) is 3. The molecule has 3 aromatic rings. The number of likely N-dealkylation sites (N-methyl/N-ethyl adjacent to an activating group) is 1. The van der Waals surface area contributed by atoms with Crippen LogP contribution in [0.5, 0.6) is 0 Å². The Balaban J connectivity index is 1.73. The largest absolute Gasteiger partial charge is 0.465 e. The topological polar surface area (TPSA) is 76.5 Å². The normalized spacial score (nSPS) is 11.0. The van der Waals surface area contributed by atoms with E-state index in [1.54, 1.807) is 0 Å². The third-order valence-electron chi connectivity index (χ3n) is 5.15. The second kappa shape index (κ2) is 9.89. The average molecular weight is 441 g/mol. The van der Waals surface area contributed by atoms with Crippen molar-refractivity contribution in [3.63, 3.8) is 0 Å². The summed E-state index contributed by atoms with van der Waals surface area (Å²) in [6, 6.07) is 7.90. The van der Waals surface area contributed by atoms with Crippen molar-refractivity contribution in [1.82, 2.24) is 14.7 Å². The number of ether oxygens (including phenoxy) is 1. The fraction of sp³-hybridized carbons (Fsp3) is 0.348. The maximum atomic E-state index is 12.7. The average Bonchev–Trinajstić information content (AvgIpc) is 3.31. The van der Waals surface area contributed by atoms with Crippen LogP contribution in [0.25, 0.3) is 11.1 Å². The van der Waals surface area contributed by atoms with Crippen molar-refractivity contribution >= 4 is 28.2 Å². The van der Waals surface area contributed by atoms with Gasteiger partial charge in [-0.05, 0) is 33.4 Å². The number of methoxy groups -OCH3 is 1. The monoisotopic (exact) mass is 440 g/mol. The molecule has 2 heterocycles. The third kappa shape index (κ3) is 5.21. The highest BCUT2D eigenvalue weighted by atomic mass is 32.1. The molecule has 0 aliphatic carbocycles. The van der Waals surface area contributed by atoms with Gasteiger partial charge in [0, 0.05) is 35.3 Å². The van der Waals surface area contributed by atoms with E-state index in [4.69, 9.17) is 4.74 Å². The zero-order valence-electron chi connectivity index (χ0n) is 18.6. The number of benzene rings is 1. The molecule has 3 rings (SSSR count). The molecule has 1 aromatic carbocycles. The summed E-state index contributed by atoms with van der Waals surface area (Å²) in [5.41, 5.74) is 5.36. The number of nitrogens with one attached hydrogen (secondary N) is 1. The number of hydrogen-bond acceptors (Lipinski definition) is 6. The molecule has 0 aliphatic rings. The zero-order chi connectivity index (χ0) is 22.5. The highest BCUT2D eigenvalue weighted by Crippen LogP contribution is 2.36. The number of carbonyl (C=O) groups excluding carboxylic acids is 2. The van der Waals surface area contributed by atoms with Gasteiger partial charge in [0.15, 0.2) is 0 Å². The Morgan fingerprint density at radius 3 is 2.55 bits per heavy atom. The maximum absolute atomic E-state index is 12.7. The lowest BCUT2D eigenvalue weighted by Gasteiger charge is -2.16. The Labute approximate surface area is 186 Å². The first-order chi connectivity index (χ1) is 14.8. The predicted octanol–water partition coefficient (Wildman–Crippen LogP) is 4.11. The molecule has 0 aliphatic heterocycles. The van der Waals surface area contributed by atoms with Gasteiger partial charge in [-0.25, -0.2) is 4.79 Å². The fourth-order valence-corrected chi connectivity index (χ4v) is 4.39. The van der Waals surface area contributed by atoms with Crippen LogP contribution in [0.4, 0.5) is 5.00 Å². The number of esters is 1. The number of carbonyl (C=O) groups is 2. The summed E-state index contributed by atoms with van der Waals surface area (Å²) in [6.07, 6.45) is 1.84. The summed E-state index contributed by atoms with van der Waals surface area (Å²) in [6.45, 7) is 7.70. The maximum Gasteiger partial charge on any atom is 0.341 e. The Morgan fingerprint density at radius 1 is 1.23 bits per heavy atom. The molecular weight excluding hydrogens is 412 g/mol. The van der Waals surface area contributed by atoms with Crippen LogP contribution in [-0.4, -0.2) is 47.3 Å². The van der Waals surface area contributed by atoms with Gasteiger partial charge in [0.2, 0.25) is 5.91 Å². The molecule has 0 saturated heterocycles. The summed E-state index contributed by atoms with van der Waals surface area (Å²) in [7, 11) is 3.23. The molecule has 0 atom stereocenters. The van der Waals surface area contributed by atoms with Gasteiger partial charge >= 0.3 is 5.97 Å². The number of hydrogen-bond donors (Lipinski definition) is 1. The summed E-state index contributed by atoms with van der Waals surface area (Å²) in [5.74, 6) is -0.659. The molecule has 0 spiro atoms. The molecule has 31 heavy (non-hydrogen) atoms.